The minimum Gasteiger partial charge on any atom is -0.353 e. The van der Waals surface area contributed by atoms with Crippen molar-refractivity contribution in [3.05, 3.63) is 35.9 Å². The number of benzene rings is 1. The molecule has 0 aromatic heterocycles. The van der Waals surface area contributed by atoms with Crippen LogP contribution in [0, 0.1) is 0 Å². The summed E-state index contributed by atoms with van der Waals surface area (Å²) in [5.74, 6) is 0.548. The molecule has 1 aromatic rings. The van der Waals surface area contributed by atoms with Crippen molar-refractivity contribution in [2.24, 2.45) is 4.99 Å². The van der Waals surface area contributed by atoms with Gasteiger partial charge in [0, 0.05) is 26.7 Å². The van der Waals surface area contributed by atoms with Gasteiger partial charge in [-0.25, -0.2) is 9.79 Å². The summed E-state index contributed by atoms with van der Waals surface area (Å²) in [6, 6.07) is 9.68. The van der Waals surface area contributed by atoms with Crippen molar-refractivity contribution < 1.29 is 9.59 Å². The zero-order valence-corrected chi connectivity index (χ0v) is 16.0. The molecule has 1 aliphatic carbocycles. The fourth-order valence-corrected chi connectivity index (χ4v) is 4.27. The number of carbonyl (C=O) groups excluding carboxylic acids is 2. The normalized spacial score (nSPS) is 26.3. The number of likely N-dealkylation sites (N-methyl/N-ethyl adjacent to an activating group) is 2. The van der Waals surface area contributed by atoms with Crippen LogP contribution in [0.4, 0.5) is 4.79 Å². The van der Waals surface area contributed by atoms with Gasteiger partial charge in [0.05, 0.1) is 0 Å². The van der Waals surface area contributed by atoms with Gasteiger partial charge in [0.15, 0.2) is 18.2 Å². The molecule has 3 aliphatic rings. The third kappa shape index (κ3) is 3.26. The standard InChI is InChI=1S/C20H27N5O2/c1-23-17-16(18(26)24(2)20(23)27)25(13-14-9-5-3-6-10-14)19(22-17)21-15-11-7-4-8-12-15/h3,5-6,9-10,15-17H,4,7-8,11-13H2,1-2H3,(H,21,22). The molecule has 7 heteroatoms. The molecule has 0 spiro atoms. The van der Waals surface area contributed by atoms with E-state index in [2.05, 4.69) is 17.4 Å². The van der Waals surface area contributed by atoms with Gasteiger partial charge in [0.2, 0.25) is 0 Å². The van der Waals surface area contributed by atoms with E-state index in [4.69, 9.17) is 4.99 Å². The van der Waals surface area contributed by atoms with E-state index in [0.717, 1.165) is 24.4 Å². The highest BCUT2D eigenvalue weighted by Crippen LogP contribution is 2.29. The van der Waals surface area contributed by atoms with Crippen molar-refractivity contribution in [3.63, 3.8) is 0 Å². The number of imide groups is 1. The summed E-state index contributed by atoms with van der Waals surface area (Å²) in [5.41, 5.74) is 1.12. The molecule has 2 atom stereocenters. The molecule has 2 unspecified atom stereocenters. The first-order valence-corrected chi connectivity index (χ1v) is 9.75. The Morgan fingerprint density at radius 3 is 2.48 bits per heavy atom. The van der Waals surface area contributed by atoms with Gasteiger partial charge in [-0.15, -0.1) is 0 Å². The predicted octanol–water partition coefficient (Wildman–Crippen LogP) is 2.00. The Bertz CT molecular complexity index is 744. The number of carbonyl (C=O) groups is 2. The van der Waals surface area contributed by atoms with E-state index in [1.165, 1.54) is 24.2 Å². The number of nitrogens with zero attached hydrogens (tertiary/aromatic N) is 4. The molecule has 1 saturated heterocycles. The van der Waals surface area contributed by atoms with Crippen molar-refractivity contribution in [2.75, 3.05) is 14.1 Å². The monoisotopic (exact) mass is 369 g/mol. The van der Waals surface area contributed by atoms with Crippen LogP contribution >= 0.6 is 0 Å². The van der Waals surface area contributed by atoms with Gasteiger partial charge in [-0.1, -0.05) is 49.6 Å². The smallest absolute Gasteiger partial charge is 0.328 e. The summed E-state index contributed by atoms with van der Waals surface area (Å²) in [6.45, 7) is 0.585. The zero-order chi connectivity index (χ0) is 19.0. The number of aliphatic imine (C=N–C) groups is 1. The lowest BCUT2D eigenvalue weighted by Crippen LogP contribution is -2.64. The van der Waals surface area contributed by atoms with Gasteiger partial charge in [-0.2, -0.15) is 0 Å². The van der Waals surface area contributed by atoms with Gasteiger partial charge < -0.3 is 15.1 Å². The Kier molecular flexibility index (Phi) is 4.76. The Hall–Kier alpha value is -2.57. The van der Waals surface area contributed by atoms with E-state index in [1.54, 1.807) is 19.0 Å². The lowest BCUT2D eigenvalue weighted by atomic mass is 9.96. The first kappa shape index (κ1) is 17.8. The average Bonchev–Trinajstić information content (AvgIpc) is 3.04. The second-order valence-electron chi connectivity index (χ2n) is 7.69. The number of hydrogen-bond donors (Lipinski definition) is 1. The molecule has 144 valence electrons. The molecule has 1 N–H and O–H groups in total. The molecule has 0 bridgehead atoms. The summed E-state index contributed by atoms with van der Waals surface area (Å²) in [6.07, 6.45) is 5.49. The summed E-state index contributed by atoms with van der Waals surface area (Å²) in [5, 5.41) is 3.58. The summed E-state index contributed by atoms with van der Waals surface area (Å²) in [4.78, 5) is 34.9. The summed E-state index contributed by atoms with van der Waals surface area (Å²) in [7, 11) is 3.27. The van der Waals surface area contributed by atoms with Crippen molar-refractivity contribution in [2.45, 2.75) is 56.9 Å². The number of amides is 3. The quantitative estimate of drug-likeness (QED) is 0.885. The molecule has 2 fully saturated rings. The molecule has 27 heavy (non-hydrogen) atoms. The minimum atomic E-state index is -0.482. The molecule has 0 radical (unpaired) electrons. The molecular formula is C20H27N5O2. The third-order valence-electron chi connectivity index (χ3n) is 5.85. The Morgan fingerprint density at radius 2 is 1.78 bits per heavy atom. The maximum Gasteiger partial charge on any atom is 0.328 e. The molecule has 7 nitrogen and oxygen atoms in total. The highest BCUT2D eigenvalue weighted by molar-refractivity contribution is 6.03. The van der Waals surface area contributed by atoms with Crippen LogP contribution in [0.5, 0.6) is 0 Å². The van der Waals surface area contributed by atoms with Crippen molar-refractivity contribution >= 4 is 17.9 Å². The second-order valence-corrected chi connectivity index (χ2v) is 7.69. The average molecular weight is 369 g/mol. The van der Waals surface area contributed by atoms with E-state index in [9.17, 15) is 9.59 Å². The third-order valence-corrected chi connectivity index (χ3v) is 5.85. The predicted molar refractivity (Wildman–Crippen MR) is 103 cm³/mol. The SMILES string of the molecule is CN1C(=O)C2C(N=C(NC3CCCCC3)N2Cc2ccccc2)N(C)C1=O. The zero-order valence-electron chi connectivity index (χ0n) is 16.0. The van der Waals surface area contributed by atoms with Crippen LogP contribution in [0.3, 0.4) is 0 Å². The second kappa shape index (κ2) is 7.21. The van der Waals surface area contributed by atoms with Crippen molar-refractivity contribution in [1.29, 1.82) is 0 Å². The summed E-state index contributed by atoms with van der Waals surface area (Å²) < 4.78 is 0. The molecular weight excluding hydrogens is 342 g/mol. The van der Waals surface area contributed by atoms with Crippen molar-refractivity contribution in [1.82, 2.24) is 20.0 Å². The lowest BCUT2D eigenvalue weighted by molar-refractivity contribution is -0.136. The maximum atomic E-state index is 12.9. The van der Waals surface area contributed by atoms with Crippen LogP contribution in [-0.2, 0) is 11.3 Å². The summed E-state index contributed by atoms with van der Waals surface area (Å²) >= 11 is 0. The molecule has 2 heterocycles. The van der Waals surface area contributed by atoms with Crippen LogP contribution < -0.4 is 5.32 Å². The van der Waals surface area contributed by atoms with Crippen LogP contribution in [-0.4, -0.2) is 64.9 Å². The van der Waals surface area contributed by atoms with Gasteiger partial charge in [0.25, 0.3) is 5.91 Å². The number of fused-ring (bicyclic) bond motifs is 1. The highest BCUT2D eigenvalue weighted by Gasteiger charge is 2.51. The Balaban J connectivity index is 1.63. The minimum absolute atomic E-state index is 0.191. The largest absolute Gasteiger partial charge is 0.353 e. The van der Waals surface area contributed by atoms with Gasteiger partial charge >= 0.3 is 6.03 Å². The molecule has 3 amide bonds. The number of nitrogens with one attached hydrogen (secondary N) is 1. The van der Waals surface area contributed by atoms with Crippen LogP contribution in [0.15, 0.2) is 35.3 Å². The topological polar surface area (TPSA) is 68.2 Å². The maximum absolute atomic E-state index is 12.9. The van der Waals surface area contributed by atoms with Crippen LogP contribution in [0.1, 0.15) is 37.7 Å². The number of urea groups is 1. The fourth-order valence-electron chi connectivity index (χ4n) is 4.27. The van der Waals surface area contributed by atoms with E-state index < -0.39 is 12.2 Å². The molecule has 1 aromatic carbocycles. The first-order chi connectivity index (χ1) is 13.1. The number of guanidine groups is 1. The van der Waals surface area contributed by atoms with E-state index in [0.29, 0.717) is 12.6 Å². The molecule has 1 saturated carbocycles. The highest BCUT2D eigenvalue weighted by atomic mass is 16.2. The van der Waals surface area contributed by atoms with E-state index >= 15 is 0 Å². The Labute approximate surface area is 160 Å². The Morgan fingerprint density at radius 1 is 1.07 bits per heavy atom. The van der Waals surface area contributed by atoms with Crippen LogP contribution in [0.25, 0.3) is 0 Å². The van der Waals surface area contributed by atoms with Gasteiger partial charge in [-0.3, -0.25) is 9.69 Å². The van der Waals surface area contributed by atoms with E-state index in [-0.39, 0.29) is 11.9 Å². The van der Waals surface area contributed by atoms with E-state index in [1.807, 2.05) is 23.1 Å². The number of rotatable bonds is 3. The fraction of sp³-hybridized carbons (Fsp3) is 0.550. The number of hydrogen-bond acceptors (Lipinski definition) is 5. The molecule has 2 aliphatic heterocycles. The first-order valence-electron chi connectivity index (χ1n) is 9.75. The molecule has 4 rings (SSSR count). The van der Waals surface area contributed by atoms with Gasteiger partial charge in [-0.05, 0) is 18.4 Å². The van der Waals surface area contributed by atoms with Gasteiger partial charge in [0.1, 0.15) is 0 Å². The van der Waals surface area contributed by atoms with Crippen LogP contribution in [0.2, 0.25) is 0 Å². The van der Waals surface area contributed by atoms with Crippen molar-refractivity contribution in [3.8, 4) is 0 Å². The lowest BCUT2D eigenvalue weighted by Gasteiger charge is -2.40.